The molecule has 3 rings (SSSR count). The highest BCUT2D eigenvalue weighted by Gasteiger charge is 2.23. The van der Waals surface area contributed by atoms with Crippen molar-refractivity contribution in [3.8, 4) is 11.4 Å². The van der Waals surface area contributed by atoms with Crippen LogP contribution in [-0.4, -0.2) is 24.5 Å². The van der Waals surface area contributed by atoms with E-state index in [1.807, 2.05) is 0 Å². The number of ether oxygens (including phenoxy) is 1. The minimum atomic E-state index is -4.03. The summed E-state index contributed by atoms with van der Waals surface area (Å²) in [5.74, 6) is -1.24. The number of nitrogens with two attached hydrogens (primary N) is 1. The molecule has 2 N–H and O–H groups in total. The van der Waals surface area contributed by atoms with Crippen LogP contribution in [0.1, 0.15) is 34.8 Å². The Balaban J connectivity index is 1.80. The molecule has 1 heterocycles. The molecule has 11 heteroatoms. The molecular formula is C18H15ClFN3O5S. The van der Waals surface area contributed by atoms with Gasteiger partial charge in [0.25, 0.3) is 5.89 Å². The van der Waals surface area contributed by atoms with Crippen molar-refractivity contribution in [1.82, 2.24) is 10.1 Å². The molecule has 0 aliphatic carbocycles. The molecule has 3 aromatic rings. The molecule has 1 aromatic heterocycles. The zero-order valence-corrected chi connectivity index (χ0v) is 16.8. The van der Waals surface area contributed by atoms with Gasteiger partial charge in [0.2, 0.25) is 15.8 Å². The van der Waals surface area contributed by atoms with E-state index >= 15 is 0 Å². The quantitative estimate of drug-likeness (QED) is 0.603. The van der Waals surface area contributed by atoms with Gasteiger partial charge < -0.3 is 9.26 Å². The SMILES string of the molecule is Cc1ccc(-c2noc(C(C)OC(=O)c3cc(S(N)(=O)=O)ccc3Cl)n2)cc1F. The first-order valence-corrected chi connectivity index (χ1v) is 10.1. The fourth-order valence-corrected chi connectivity index (χ4v) is 3.10. The number of rotatable bonds is 5. The minimum absolute atomic E-state index is 0.0176. The standard InChI is InChI=1S/C18H15ClFN3O5S/c1-9-3-4-11(7-15(9)20)16-22-17(28-23-16)10(2)27-18(24)13-8-12(29(21,25)26)5-6-14(13)19/h3-8,10H,1-2H3,(H2,21,25,26). The van der Waals surface area contributed by atoms with Gasteiger partial charge in [0.05, 0.1) is 15.5 Å². The summed E-state index contributed by atoms with van der Waals surface area (Å²) >= 11 is 5.96. The second kappa shape index (κ2) is 7.90. The summed E-state index contributed by atoms with van der Waals surface area (Å²) in [5.41, 5.74) is 0.675. The van der Waals surface area contributed by atoms with Gasteiger partial charge in [-0.3, -0.25) is 0 Å². The highest BCUT2D eigenvalue weighted by Crippen LogP contribution is 2.25. The number of esters is 1. The van der Waals surface area contributed by atoms with Crippen LogP contribution >= 0.6 is 11.6 Å². The lowest BCUT2D eigenvalue weighted by Gasteiger charge is -2.11. The first-order chi connectivity index (χ1) is 13.6. The molecule has 0 spiro atoms. The van der Waals surface area contributed by atoms with Gasteiger partial charge in [-0.2, -0.15) is 4.98 Å². The van der Waals surface area contributed by atoms with Crippen molar-refractivity contribution < 1.29 is 26.9 Å². The Morgan fingerprint density at radius 1 is 1.28 bits per heavy atom. The van der Waals surface area contributed by atoms with E-state index in [1.165, 1.54) is 25.1 Å². The van der Waals surface area contributed by atoms with E-state index in [1.54, 1.807) is 19.1 Å². The molecule has 2 aromatic carbocycles. The molecule has 152 valence electrons. The van der Waals surface area contributed by atoms with Crippen LogP contribution in [-0.2, 0) is 14.8 Å². The van der Waals surface area contributed by atoms with Crippen LogP contribution in [0.5, 0.6) is 0 Å². The van der Waals surface area contributed by atoms with Gasteiger partial charge in [-0.05, 0) is 43.7 Å². The summed E-state index contributed by atoms with van der Waals surface area (Å²) in [6.45, 7) is 3.10. The van der Waals surface area contributed by atoms with Crippen molar-refractivity contribution in [2.24, 2.45) is 5.14 Å². The van der Waals surface area contributed by atoms with Crippen molar-refractivity contribution in [3.05, 3.63) is 64.3 Å². The van der Waals surface area contributed by atoms with E-state index in [0.717, 1.165) is 6.07 Å². The third-order valence-electron chi connectivity index (χ3n) is 3.99. The van der Waals surface area contributed by atoms with E-state index in [0.29, 0.717) is 11.1 Å². The van der Waals surface area contributed by atoms with Crippen molar-refractivity contribution >= 4 is 27.6 Å². The van der Waals surface area contributed by atoms with Crippen molar-refractivity contribution in [2.45, 2.75) is 24.8 Å². The smallest absolute Gasteiger partial charge is 0.340 e. The van der Waals surface area contributed by atoms with Crippen LogP contribution < -0.4 is 5.14 Å². The first kappa shape index (κ1) is 20.9. The molecule has 29 heavy (non-hydrogen) atoms. The Morgan fingerprint density at radius 3 is 2.66 bits per heavy atom. The summed E-state index contributed by atoms with van der Waals surface area (Å²) in [6, 6.07) is 7.87. The Hall–Kier alpha value is -2.82. The van der Waals surface area contributed by atoms with Crippen LogP contribution in [0.25, 0.3) is 11.4 Å². The number of hydrogen-bond donors (Lipinski definition) is 1. The number of benzene rings is 2. The lowest BCUT2D eigenvalue weighted by molar-refractivity contribution is 0.0265. The number of sulfonamides is 1. The van der Waals surface area contributed by atoms with Gasteiger partial charge in [-0.25, -0.2) is 22.7 Å². The average Bonchev–Trinajstić information content (AvgIpc) is 3.13. The van der Waals surface area contributed by atoms with Gasteiger partial charge >= 0.3 is 5.97 Å². The third kappa shape index (κ3) is 4.61. The predicted molar refractivity (Wildman–Crippen MR) is 101 cm³/mol. The number of hydrogen-bond acceptors (Lipinski definition) is 7. The van der Waals surface area contributed by atoms with E-state index in [2.05, 4.69) is 10.1 Å². The van der Waals surface area contributed by atoms with E-state index < -0.39 is 27.9 Å². The molecule has 0 aliphatic heterocycles. The summed E-state index contributed by atoms with van der Waals surface area (Å²) in [7, 11) is -4.03. The number of carbonyl (C=O) groups is 1. The number of aryl methyl sites for hydroxylation is 1. The predicted octanol–water partition coefficient (Wildman–Crippen LogP) is 3.40. The van der Waals surface area contributed by atoms with Gasteiger partial charge in [0, 0.05) is 5.56 Å². The van der Waals surface area contributed by atoms with Crippen LogP contribution in [0.15, 0.2) is 45.8 Å². The highest BCUT2D eigenvalue weighted by molar-refractivity contribution is 7.89. The Kier molecular flexibility index (Phi) is 5.69. The van der Waals surface area contributed by atoms with Gasteiger partial charge in [-0.1, -0.05) is 28.9 Å². The molecule has 0 saturated carbocycles. The largest absolute Gasteiger partial charge is 0.449 e. The van der Waals surface area contributed by atoms with Crippen molar-refractivity contribution in [2.75, 3.05) is 0 Å². The molecule has 1 atom stereocenters. The number of carbonyl (C=O) groups excluding carboxylic acids is 1. The van der Waals surface area contributed by atoms with E-state index in [-0.39, 0.29) is 27.2 Å². The molecule has 0 saturated heterocycles. The molecule has 1 unspecified atom stereocenters. The fourth-order valence-electron chi connectivity index (χ4n) is 2.36. The summed E-state index contributed by atoms with van der Waals surface area (Å²) in [6.07, 6.45) is -0.978. The van der Waals surface area contributed by atoms with Gasteiger partial charge in [0.15, 0.2) is 6.10 Å². The average molecular weight is 440 g/mol. The van der Waals surface area contributed by atoms with E-state index in [9.17, 15) is 17.6 Å². The topological polar surface area (TPSA) is 125 Å². The summed E-state index contributed by atoms with van der Waals surface area (Å²) in [5, 5.41) is 8.80. The lowest BCUT2D eigenvalue weighted by Crippen LogP contribution is -2.15. The third-order valence-corrected chi connectivity index (χ3v) is 5.23. The number of nitrogens with zero attached hydrogens (tertiary/aromatic N) is 2. The minimum Gasteiger partial charge on any atom is -0.449 e. The van der Waals surface area contributed by atoms with Crippen LogP contribution in [0.3, 0.4) is 0 Å². The first-order valence-electron chi connectivity index (χ1n) is 8.19. The van der Waals surface area contributed by atoms with Crippen molar-refractivity contribution in [1.29, 1.82) is 0 Å². The molecule has 0 fully saturated rings. The molecule has 8 nitrogen and oxygen atoms in total. The lowest BCUT2D eigenvalue weighted by atomic mass is 10.1. The maximum atomic E-state index is 13.7. The normalized spacial score (nSPS) is 12.6. The highest BCUT2D eigenvalue weighted by atomic mass is 35.5. The Morgan fingerprint density at radius 2 is 2.00 bits per heavy atom. The fraction of sp³-hybridized carbons (Fsp3) is 0.167. The zero-order valence-electron chi connectivity index (χ0n) is 15.2. The second-order valence-corrected chi connectivity index (χ2v) is 8.12. The Bertz CT molecular complexity index is 1200. The zero-order chi connectivity index (χ0) is 21.3. The number of halogens is 2. The van der Waals surface area contributed by atoms with Crippen LogP contribution in [0, 0.1) is 12.7 Å². The number of aromatic nitrogens is 2. The van der Waals surface area contributed by atoms with Crippen molar-refractivity contribution in [3.63, 3.8) is 0 Å². The molecule has 0 amide bonds. The monoisotopic (exact) mass is 439 g/mol. The van der Waals surface area contributed by atoms with Crippen LogP contribution in [0.4, 0.5) is 4.39 Å². The van der Waals surface area contributed by atoms with Gasteiger partial charge in [0.1, 0.15) is 5.82 Å². The maximum Gasteiger partial charge on any atom is 0.340 e. The summed E-state index contributed by atoms with van der Waals surface area (Å²) in [4.78, 5) is 16.2. The molecule has 0 radical (unpaired) electrons. The number of primary sulfonamides is 1. The van der Waals surface area contributed by atoms with E-state index in [4.69, 9.17) is 26.0 Å². The molecule has 0 aliphatic rings. The van der Waals surface area contributed by atoms with Gasteiger partial charge in [-0.15, -0.1) is 0 Å². The maximum absolute atomic E-state index is 13.7. The second-order valence-electron chi connectivity index (χ2n) is 6.15. The molecule has 0 bridgehead atoms. The molecular weight excluding hydrogens is 425 g/mol. The summed E-state index contributed by atoms with van der Waals surface area (Å²) < 4.78 is 47.0. The van der Waals surface area contributed by atoms with Crippen LogP contribution in [0.2, 0.25) is 5.02 Å². The Labute approximate surface area is 170 Å².